The Bertz CT molecular complexity index is 1410. The van der Waals surface area contributed by atoms with Crippen molar-refractivity contribution in [3.05, 3.63) is 102 Å². The third kappa shape index (κ3) is 5.47. The van der Waals surface area contributed by atoms with Crippen LogP contribution in [0.3, 0.4) is 0 Å². The highest BCUT2D eigenvalue weighted by atomic mass is 32.2. The average Bonchev–Trinajstić information content (AvgIpc) is 3.29. The van der Waals surface area contributed by atoms with Crippen molar-refractivity contribution in [1.82, 2.24) is 9.97 Å². The number of anilines is 1. The Balaban J connectivity index is 1.28. The normalized spacial score (nSPS) is 11.0. The second kappa shape index (κ2) is 10.2. The molecule has 0 aliphatic heterocycles. The summed E-state index contributed by atoms with van der Waals surface area (Å²) >= 11 is 1.57. The van der Waals surface area contributed by atoms with Gasteiger partial charge in [0.2, 0.25) is 5.91 Å². The van der Waals surface area contributed by atoms with Crippen LogP contribution < -0.4 is 5.32 Å². The maximum atomic E-state index is 12.6. The van der Waals surface area contributed by atoms with Crippen LogP contribution in [0.4, 0.5) is 5.69 Å². The van der Waals surface area contributed by atoms with E-state index in [1.807, 2.05) is 30.3 Å². The van der Waals surface area contributed by atoms with E-state index in [4.69, 9.17) is 4.98 Å². The van der Waals surface area contributed by atoms with Gasteiger partial charge in [-0.15, -0.1) is 0 Å². The molecule has 0 spiro atoms. The van der Waals surface area contributed by atoms with Crippen LogP contribution in [0.5, 0.6) is 0 Å². The zero-order valence-electron chi connectivity index (χ0n) is 19.8. The maximum absolute atomic E-state index is 12.6. The smallest absolute Gasteiger partial charge is 0.225 e. The number of benzene rings is 4. The Morgan fingerprint density at radius 3 is 2.20 bits per heavy atom. The summed E-state index contributed by atoms with van der Waals surface area (Å²) in [5.41, 5.74) is 7.35. The van der Waals surface area contributed by atoms with Crippen LogP contribution in [-0.2, 0) is 4.79 Å². The molecule has 174 valence electrons. The highest BCUT2D eigenvalue weighted by molar-refractivity contribution is 7.99. The number of nitrogens with zero attached hydrogens (tertiary/aromatic N) is 1. The van der Waals surface area contributed by atoms with Gasteiger partial charge >= 0.3 is 0 Å². The molecule has 1 amide bonds. The maximum Gasteiger partial charge on any atom is 0.225 e. The van der Waals surface area contributed by atoms with Gasteiger partial charge in [0.25, 0.3) is 0 Å². The largest absolute Gasteiger partial charge is 0.332 e. The van der Waals surface area contributed by atoms with E-state index in [1.165, 1.54) is 11.1 Å². The van der Waals surface area contributed by atoms with Crippen molar-refractivity contribution < 1.29 is 4.79 Å². The summed E-state index contributed by atoms with van der Waals surface area (Å²) in [4.78, 5) is 21.0. The highest BCUT2D eigenvalue weighted by Gasteiger charge is 2.15. The lowest BCUT2D eigenvalue weighted by molar-refractivity contribution is -0.115. The van der Waals surface area contributed by atoms with E-state index in [1.54, 1.807) is 11.8 Å². The second-order valence-electron chi connectivity index (χ2n) is 8.71. The van der Waals surface area contributed by atoms with E-state index in [-0.39, 0.29) is 5.91 Å². The average molecular weight is 478 g/mol. The molecule has 0 radical (unpaired) electrons. The van der Waals surface area contributed by atoms with Gasteiger partial charge in [-0.25, -0.2) is 4.98 Å². The van der Waals surface area contributed by atoms with Gasteiger partial charge in [0.1, 0.15) is 0 Å². The molecule has 35 heavy (non-hydrogen) atoms. The molecule has 0 saturated carbocycles. The van der Waals surface area contributed by atoms with E-state index in [0.29, 0.717) is 12.2 Å². The standard InChI is InChI=1S/C30H27N3OS/c1-20-7-11-23(12-8-20)28-29(24-13-9-21(2)10-14-24)33-30(32-28)35-18-17-27(34)31-26-16-15-22-5-3-4-6-25(22)19-26/h3-16,19H,17-18H2,1-2H3,(H,31,34)(H,32,33). The lowest BCUT2D eigenvalue weighted by atomic mass is 10.0. The Labute approximate surface area is 209 Å². The molecule has 0 fully saturated rings. The third-order valence-corrected chi connectivity index (χ3v) is 6.82. The van der Waals surface area contributed by atoms with Gasteiger partial charge in [-0.1, -0.05) is 102 Å². The monoisotopic (exact) mass is 477 g/mol. The molecule has 0 atom stereocenters. The van der Waals surface area contributed by atoms with Crippen LogP contribution in [-0.4, -0.2) is 21.6 Å². The lowest BCUT2D eigenvalue weighted by Gasteiger charge is -2.06. The summed E-state index contributed by atoms with van der Waals surface area (Å²) in [5, 5.41) is 6.10. The number of fused-ring (bicyclic) bond motifs is 1. The number of rotatable bonds is 7. The number of imidazole rings is 1. The number of aromatic nitrogens is 2. The number of nitrogens with one attached hydrogen (secondary N) is 2. The fraction of sp³-hybridized carbons (Fsp3) is 0.133. The van der Waals surface area contributed by atoms with Crippen LogP contribution in [0.15, 0.2) is 96.2 Å². The Kier molecular flexibility index (Phi) is 6.68. The third-order valence-electron chi connectivity index (χ3n) is 5.95. The number of hydrogen-bond acceptors (Lipinski definition) is 3. The summed E-state index contributed by atoms with van der Waals surface area (Å²) in [6.45, 7) is 4.17. The first-order chi connectivity index (χ1) is 17.0. The Morgan fingerprint density at radius 1 is 0.829 bits per heavy atom. The molecule has 0 saturated heterocycles. The van der Waals surface area contributed by atoms with Crippen molar-refractivity contribution in [1.29, 1.82) is 0 Å². The Morgan fingerprint density at radius 2 is 1.49 bits per heavy atom. The van der Waals surface area contributed by atoms with E-state index in [2.05, 4.69) is 84.8 Å². The summed E-state index contributed by atoms with van der Waals surface area (Å²) in [7, 11) is 0. The summed E-state index contributed by atoms with van der Waals surface area (Å²) in [5.74, 6) is 0.630. The van der Waals surface area contributed by atoms with E-state index >= 15 is 0 Å². The molecule has 4 nitrogen and oxygen atoms in total. The number of amides is 1. The van der Waals surface area contributed by atoms with Crippen molar-refractivity contribution in [3.8, 4) is 22.5 Å². The molecule has 4 aromatic carbocycles. The van der Waals surface area contributed by atoms with E-state index in [0.717, 1.165) is 44.1 Å². The first-order valence-corrected chi connectivity index (χ1v) is 12.7. The van der Waals surface area contributed by atoms with Crippen LogP contribution in [0.1, 0.15) is 17.5 Å². The zero-order valence-corrected chi connectivity index (χ0v) is 20.7. The molecule has 0 aliphatic rings. The van der Waals surface area contributed by atoms with Gasteiger partial charge < -0.3 is 10.3 Å². The molecular weight excluding hydrogens is 450 g/mol. The van der Waals surface area contributed by atoms with Crippen molar-refractivity contribution in [3.63, 3.8) is 0 Å². The zero-order chi connectivity index (χ0) is 24.2. The van der Waals surface area contributed by atoms with Crippen LogP contribution in [0.2, 0.25) is 0 Å². The van der Waals surface area contributed by atoms with Gasteiger partial charge in [0.05, 0.1) is 11.4 Å². The first kappa shape index (κ1) is 22.9. The summed E-state index contributed by atoms with van der Waals surface area (Å²) < 4.78 is 0. The minimum Gasteiger partial charge on any atom is -0.332 e. The second-order valence-corrected chi connectivity index (χ2v) is 9.79. The van der Waals surface area contributed by atoms with Crippen molar-refractivity contribution >= 4 is 34.1 Å². The first-order valence-electron chi connectivity index (χ1n) is 11.7. The number of aromatic amines is 1. The van der Waals surface area contributed by atoms with Crippen molar-refractivity contribution in [2.75, 3.05) is 11.1 Å². The minimum atomic E-state index is -0.00291. The lowest BCUT2D eigenvalue weighted by Crippen LogP contribution is -2.12. The number of hydrogen-bond donors (Lipinski definition) is 2. The molecule has 5 heteroatoms. The van der Waals surface area contributed by atoms with Crippen molar-refractivity contribution in [2.45, 2.75) is 25.4 Å². The van der Waals surface area contributed by atoms with Gasteiger partial charge in [-0.05, 0) is 36.8 Å². The fourth-order valence-electron chi connectivity index (χ4n) is 4.00. The molecule has 5 aromatic rings. The Hall–Kier alpha value is -3.83. The highest BCUT2D eigenvalue weighted by Crippen LogP contribution is 2.33. The number of carbonyl (C=O) groups is 1. The number of aryl methyl sites for hydroxylation is 2. The minimum absolute atomic E-state index is 0.00291. The SMILES string of the molecule is Cc1ccc(-c2nc(SCCC(=O)Nc3ccc4ccccc4c3)[nH]c2-c2ccc(C)cc2)cc1. The van der Waals surface area contributed by atoms with Gasteiger partial charge in [-0.2, -0.15) is 0 Å². The van der Waals surface area contributed by atoms with Crippen LogP contribution in [0.25, 0.3) is 33.3 Å². The van der Waals surface area contributed by atoms with Crippen molar-refractivity contribution in [2.24, 2.45) is 0 Å². The number of H-pyrrole nitrogens is 1. The molecule has 5 rings (SSSR count). The predicted molar refractivity (Wildman–Crippen MR) is 147 cm³/mol. The molecule has 1 heterocycles. The molecule has 1 aromatic heterocycles. The van der Waals surface area contributed by atoms with Gasteiger partial charge in [0.15, 0.2) is 5.16 Å². The van der Waals surface area contributed by atoms with Gasteiger partial charge in [-0.3, -0.25) is 4.79 Å². The molecule has 2 N–H and O–H groups in total. The van der Waals surface area contributed by atoms with E-state index < -0.39 is 0 Å². The van der Waals surface area contributed by atoms with E-state index in [9.17, 15) is 4.79 Å². The predicted octanol–water partition coefficient (Wildman–Crippen LogP) is 7.63. The molecule has 0 bridgehead atoms. The van der Waals surface area contributed by atoms with Gasteiger partial charge in [0, 0.05) is 29.0 Å². The van der Waals surface area contributed by atoms with Crippen LogP contribution >= 0.6 is 11.8 Å². The topological polar surface area (TPSA) is 57.8 Å². The molecule has 0 unspecified atom stereocenters. The molecular formula is C30H27N3OS. The summed E-state index contributed by atoms with van der Waals surface area (Å²) in [6.07, 6.45) is 0.401. The summed E-state index contributed by atoms with van der Waals surface area (Å²) in [6, 6.07) is 31.0. The van der Waals surface area contributed by atoms with Crippen LogP contribution in [0, 0.1) is 13.8 Å². The quantitative estimate of drug-likeness (QED) is 0.237. The fourth-order valence-corrected chi connectivity index (χ4v) is 4.81. The molecule has 0 aliphatic carbocycles. The number of carbonyl (C=O) groups excluding carboxylic acids is 1. The number of thioether (sulfide) groups is 1.